The number of aromatic amines is 1. The Bertz CT molecular complexity index is 1350. The van der Waals surface area contributed by atoms with Gasteiger partial charge in [0.15, 0.2) is 0 Å². The fraction of sp³-hybridized carbons (Fsp3) is 0.276. The molecule has 0 spiro atoms. The van der Waals surface area contributed by atoms with Gasteiger partial charge >= 0.3 is 0 Å². The van der Waals surface area contributed by atoms with Gasteiger partial charge in [-0.25, -0.2) is 0 Å². The lowest BCUT2D eigenvalue weighted by Gasteiger charge is -2.27. The van der Waals surface area contributed by atoms with Crippen molar-refractivity contribution in [3.8, 4) is 5.75 Å². The maximum absolute atomic E-state index is 13.0. The van der Waals surface area contributed by atoms with Gasteiger partial charge in [0.1, 0.15) is 5.75 Å². The van der Waals surface area contributed by atoms with Gasteiger partial charge in [-0.15, -0.1) is 0 Å². The molecule has 4 aromatic rings. The number of halogens is 1. The predicted octanol–water partition coefficient (Wildman–Crippen LogP) is 5.84. The summed E-state index contributed by atoms with van der Waals surface area (Å²) < 4.78 is 0. The average Bonchev–Trinajstić information content (AvgIpc) is 3.21. The maximum atomic E-state index is 13.0. The van der Waals surface area contributed by atoms with Crippen molar-refractivity contribution in [1.29, 1.82) is 0 Å². The minimum absolute atomic E-state index is 0.0119. The summed E-state index contributed by atoms with van der Waals surface area (Å²) in [7, 11) is 0. The number of hydrogen-bond acceptors (Lipinski definition) is 3. The Labute approximate surface area is 210 Å². The van der Waals surface area contributed by atoms with Crippen molar-refractivity contribution in [3.63, 3.8) is 0 Å². The summed E-state index contributed by atoms with van der Waals surface area (Å²) in [5.74, 6) is 0.285. The lowest BCUT2D eigenvalue weighted by atomic mass is 10.0. The van der Waals surface area contributed by atoms with Crippen molar-refractivity contribution >= 4 is 28.4 Å². The number of fused-ring (bicyclic) bond motifs is 3. The molecule has 0 saturated heterocycles. The molecule has 5 rings (SSSR count). The first-order valence-electron chi connectivity index (χ1n) is 12.2. The van der Waals surface area contributed by atoms with Crippen LogP contribution in [0.2, 0.25) is 5.02 Å². The second kappa shape index (κ2) is 10.5. The first-order chi connectivity index (χ1) is 17.1. The molecule has 1 aliphatic heterocycles. The summed E-state index contributed by atoms with van der Waals surface area (Å²) in [5, 5.41) is 14.8. The number of hydrogen-bond donors (Lipinski definition) is 3. The average molecular weight is 488 g/mol. The van der Waals surface area contributed by atoms with Crippen molar-refractivity contribution in [3.05, 3.63) is 99.7 Å². The van der Waals surface area contributed by atoms with Crippen LogP contribution in [-0.2, 0) is 25.9 Å². The zero-order chi connectivity index (χ0) is 24.2. The number of phenols is 1. The number of aromatic hydroxyl groups is 1. The number of benzene rings is 3. The molecule has 0 bridgehead atoms. The summed E-state index contributed by atoms with van der Waals surface area (Å²) in [6, 6.07) is 21.3. The van der Waals surface area contributed by atoms with E-state index in [2.05, 4.69) is 21.3 Å². The molecule has 0 atom stereocenters. The Kier molecular flexibility index (Phi) is 7.07. The molecule has 35 heavy (non-hydrogen) atoms. The van der Waals surface area contributed by atoms with Gasteiger partial charge in [-0.05, 0) is 78.8 Å². The second-order valence-corrected chi connectivity index (χ2v) is 9.71. The van der Waals surface area contributed by atoms with E-state index in [1.807, 2.05) is 54.6 Å². The van der Waals surface area contributed by atoms with Crippen LogP contribution in [0.25, 0.3) is 10.9 Å². The molecular formula is C29H30ClN3O2. The Morgan fingerprint density at radius 2 is 1.94 bits per heavy atom. The lowest BCUT2D eigenvalue weighted by molar-refractivity contribution is 0.0950. The summed E-state index contributed by atoms with van der Waals surface area (Å²) in [6.45, 7) is 3.08. The Morgan fingerprint density at radius 3 is 2.83 bits per heavy atom. The molecule has 0 unspecified atom stereocenters. The Hall–Kier alpha value is -3.28. The normalized spacial score (nSPS) is 13.6. The quantitative estimate of drug-likeness (QED) is 0.273. The van der Waals surface area contributed by atoms with Gasteiger partial charge in [0, 0.05) is 53.4 Å². The minimum atomic E-state index is -0.0119. The minimum Gasteiger partial charge on any atom is -0.508 e. The van der Waals surface area contributed by atoms with Crippen LogP contribution in [0.3, 0.4) is 0 Å². The van der Waals surface area contributed by atoms with Crippen LogP contribution < -0.4 is 5.32 Å². The second-order valence-electron chi connectivity index (χ2n) is 9.27. The highest BCUT2D eigenvalue weighted by Gasteiger charge is 2.22. The van der Waals surface area contributed by atoms with E-state index in [-0.39, 0.29) is 5.91 Å². The predicted molar refractivity (Wildman–Crippen MR) is 141 cm³/mol. The third-order valence-corrected chi connectivity index (χ3v) is 7.00. The highest BCUT2D eigenvalue weighted by Crippen LogP contribution is 2.30. The number of nitrogens with one attached hydrogen (secondary N) is 2. The molecule has 1 amide bonds. The zero-order valence-electron chi connectivity index (χ0n) is 19.7. The van der Waals surface area contributed by atoms with E-state index in [0.717, 1.165) is 72.4 Å². The van der Waals surface area contributed by atoms with Crippen LogP contribution in [0, 0.1) is 0 Å². The third-order valence-electron chi connectivity index (χ3n) is 6.76. The molecular weight excluding hydrogens is 458 g/mol. The van der Waals surface area contributed by atoms with Crippen molar-refractivity contribution in [2.75, 3.05) is 13.1 Å². The number of rotatable bonds is 8. The monoisotopic (exact) mass is 487 g/mol. The van der Waals surface area contributed by atoms with Gasteiger partial charge in [-0.3, -0.25) is 9.69 Å². The SMILES string of the molecule is O=C(NCCCCc1cccc(Cl)c1)c1ccccc1CN1CCc2c([nH]c3ccc(O)cc23)C1. The van der Waals surface area contributed by atoms with Crippen molar-refractivity contribution in [2.24, 2.45) is 0 Å². The Morgan fingerprint density at radius 1 is 1.06 bits per heavy atom. The number of amides is 1. The number of phenolic OH excluding ortho intramolecular Hbond substituents is 1. The van der Waals surface area contributed by atoms with E-state index in [0.29, 0.717) is 12.3 Å². The van der Waals surface area contributed by atoms with Crippen LogP contribution >= 0.6 is 11.6 Å². The largest absolute Gasteiger partial charge is 0.508 e. The fourth-order valence-corrected chi connectivity index (χ4v) is 5.20. The fourth-order valence-electron chi connectivity index (χ4n) is 4.98. The molecule has 0 fully saturated rings. The molecule has 2 heterocycles. The number of carbonyl (C=O) groups is 1. The standard InChI is InChI=1S/C29H30ClN3O2/c30-22-9-5-7-20(16-22)6-3-4-14-31-29(35)24-10-2-1-8-21(24)18-33-15-13-25-26-17-23(34)11-12-27(26)32-28(25)19-33/h1-2,5,7-12,16-17,32,34H,3-4,6,13-15,18-19H2,(H,31,35). The smallest absolute Gasteiger partial charge is 0.251 e. The van der Waals surface area contributed by atoms with Crippen LogP contribution in [0.5, 0.6) is 5.75 Å². The number of H-pyrrole nitrogens is 1. The first-order valence-corrected chi connectivity index (χ1v) is 12.6. The van der Waals surface area contributed by atoms with Gasteiger partial charge < -0.3 is 15.4 Å². The zero-order valence-corrected chi connectivity index (χ0v) is 20.4. The highest BCUT2D eigenvalue weighted by atomic mass is 35.5. The van der Waals surface area contributed by atoms with E-state index in [9.17, 15) is 9.90 Å². The number of carbonyl (C=O) groups excluding carboxylic acids is 1. The van der Waals surface area contributed by atoms with Gasteiger partial charge in [0.2, 0.25) is 0 Å². The van der Waals surface area contributed by atoms with Crippen LogP contribution in [-0.4, -0.2) is 34.0 Å². The lowest BCUT2D eigenvalue weighted by Crippen LogP contribution is -2.31. The number of aryl methyl sites for hydroxylation is 1. The molecule has 180 valence electrons. The van der Waals surface area contributed by atoms with E-state index >= 15 is 0 Å². The number of aromatic nitrogens is 1. The number of nitrogens with zero attached hydrogens (tertiary/aromatic N) is 1. The van der Waals surface area contributed by atoms with E-state index < -0.39 is 0 Å². The summed E-state index contributed by atoms with van der Waals surface area (Å²) in [5.41, 5.74) is 6.56. The number of unbranched alkanes of at least 4 members (excludes halogenated alkanes) is 1. The summed E-state index contributed by atoms with van der Waals surface area (Å²) in [4.78, 5) is 18.8. The Balaban J connectivity index is 1.17. The maximum Gasteiger partial charge on any atom is 0.251 e. The molecule has 6 heteroatoms. The van der Waals surface area contributed by atoms with Gasteiger partial charge in [-0.2, -0.15) is 0 Å². The van der Waals surface area contributed by atoms with E-state index in [1.54, 1.807) is 6.07 Å². The van der Waals surface area contributed by atoms with E-state index in [4.69, 9.17) is 11.6 Å². The first kappa shape index (κ1) is 23.5. The summed E-state index contributed by atoms with van der Waals surface area (Å²) >= 11 is 6.06. The van der Waals surface area contributed by atoms with Crippen LogP contribution in [0.1, 0.15) is 45.6 Å². The molecule has 5 nitrogen and oxygen atoms in total. The molecule has 0 radical (unpaired) electrons. The summed E-state index contributed by atoms with van der Waals surface area (Å²) in [6.07, 6.45) is 3.79. The van der Waals surface area contributed by atoms with E-state index in [1.165, 1.54) is 16.8 Å². The van der Waals surface area contributed by atoms with Gasteiger partial charge in [0.25, 0.3) is 5.91 Å². The molecule has 0 aliphatic carbocycles. The highest BCUT2D eigenvalue weighted by molar-refractivity contribution is 6.30. The molecule has 1 aliphatic rings. The molecule has 1 aromatic heterocycles. The van der Waals surface area contributed by atoms with Crippen molar-refractivity contribution in [2.45, 2.75) is 38.8 Å². The van der Waals surface area contributed by atoms with Crippen molar-refractivity contribution < 1.29 is 9.90 Å². The molecule has 0 saturated carbocycles. The van der Waals surface area contributed by atoms with Crippen molar-refractivity contribution in [1.82, 2.24) is 15.2 Å². The van der Waals surface area contributed by atoms with Crippen LogP contribution in [0.15, 0.2) is 66.7 Å². The van der Waals surface area contributed by atoms with Crippen LogP contribution in [0.4, 0.5) is 0 Å². The molecule has 3 N–H and O–H groups in total. The van der Waals surface area contributed by atoms with Gasteiger partial charge in [-0.1, -0.05) is 41.9 Å². The topological polar surface area (TPSA) is 68.4 Å². The third kappa shape index (κ3) is 5.53. The molecule has 3 aromatic carbocycles. The van der Waals surface area contributed by atoms with Gasteiger partial charge in [0.05, 0.1) is 0 Å².